The SMILES string of the molecule is CS(=O)(=O)Oc1ccc(F)c([N+](=O)[O-])c1. The molecular weight excluding hydrogens is 229 g/mol. The molecular formula is C7H6FNO5S. The second-order valence-electron chi connectivity index (χ2n) is 2.66. The Bertz CT molecular complexity index is 498. The van der Waals surface area contributed by atoms with Crippen LogP contribution >= 0.6 is 0 Å². The van der Waals surface area contributed by atoms with Gasteiger partial charge in [0.25, 0.3) is 0 Å². The summed E-state index contributed by atoms with van der Waals surface area (Å²) in [6, 6.07) is 2.46. The molecule has 0 saturated heterocycles. The maximum atomic E-state index is 12.8. The first-order chi connectivity index (χ1) is 6.79. The molecule has 1 aromatic rings. The van der Waals surface area contributed by atoms with Gasteiger partial charge in [0.1, 0.15) is 5.75 Å². The van der Waals surface area contributed by atoms with Crippen molar-refractivity contribution in [1.29, 1.82) is 0 Å². The molecule has 0 atom stereocenters. The zero-order chi connectivity index (χ0) is 11.6. The normalized spacial score (nSPS) is 11.1. The Morgan fingerprint density at radius 1 is 1.47 bits per heavy atom. The van der Waals surface area contributed by atoms with Gasteiger partial charge in [-0.3, -0.25) is 10.1 Å². The largest absolute Gasteiger partial charge is 0.382 e. The fourth-order valence-electron chi connectivity index (χ4n) is 0.859. The highest BCUT2D eigenvalue weighted by Gasteiger charge is 2.16. The molecule has 8 heteroatoms. The van der Waals surface area contributed by atoms with Gasteiger partial charge in [0.05, 0.1) is 17.2 Å². The fourth-order valence-corrected chi connectivity index (χ4v) is 1.31. The first kappa shape index (κ1) is 11.4. The summed E-state index contributed by atoms with van der Waals surface area (Å²) in [4.78, 5) is 9.33. The maximum absolute atomic E-state index is 12.8. The molecule has 0 amide bonds. The standard InChI is InChI=1S/C7H6FNO5S/c1-15(12,13)14-5-2-3-6(8)7(4-5)9(10)11/h2-4H,1H3. The predicted molar refractivity (Wildman–Crippen MR) is 48.5 cm³/mol. The molecule has 6 nitrogen and oxygen atoms in total. The van der Waals surface area contributed by atoms with Gasteiger partial charge in [-0.15, -0.1) is 0 Å². The van der Waals surface area contributed by atoms with Crippen LogP contribution in [0.15, 0.2) is 18.2 Å². The summed E-state index contributed by atoms with van der Waals surface area (Å²) in [5.74, 6) is -1.36. The van der Waals surface area contributed by atoms with Crippen molar-refractivity contribution in [3.63, 3.8) is 0 Å². The third-order valence-corrected chi connectivity index (χ3v) is 1.86. The number of hydrogen-bond donors (Lipinski definition) is 0. The highest BCUT2D eigenvalue weighted by molar-refractivity contribution is 7.86. The lowest BCUT2D eigenvalue weighted by Gasteiger charge is -2.02. The first-order valence-electron chi connectivity index (χ1n) is 3.63. The molecule has 0 unspecified atom stereocenters. The second kappa shape index (κ2) is 3.81. The van der Waals surface area contributed by atoms with Crippen molar-refractivity contribution in [1.82, 2.24) is 0 Å². The molecule has 0 aliphatic rings. The van der Waals surface area contributed by atoms with Crippen LogP contribution in [0.2, 0.25) is 0 Å². The molecule has 0 aromatic heterocycles. The van der Waals surface area contributed by atoms with Crippen LogP contribution in [-0.4, -0.2) is 19.6 Å². The van der Waals surface area contributed by atoms with Crippen molar-refractivity contribution in [3.8, 4) is 5.75 Å². The van der Waals surface area contributed by atoms with E-state index in [1.54, 1.807) is 0 Å². The van der Waals surface area contributed by atoms with E-state index in [-0.39, 0.29) is 5.75 Å². The summed E-state index contributed by atoms with van der Waals surface area (Å²) in [5.41, 5.74) is -0.837. The number of rotatable bonds is 3. The summed E-state index contributed by atoms with van der Waals surface area (Å²) in [7, 11) is -3.78. The van der Waals surface area contributed by atoms with Gasteiger partial charge in [0.2, 0.25) is 5.82 Å². The third-order valence-electron chi connectivity index (χ3n) is 1.36. The van der Waals surface area contributed by atoms with Crippen molar-refractivity contribution in [3.05, 3.63) is 34.1 Å². The molecule has 0 aliphatic carbocycles. The van der Waals surface area contributed by atoms with Crippen LogP contribution in [0.1, 0.15) is 0 Å². The Kier molecular flexibility index (Phi) is 2.89. The number of benzene rings is 1. The minimum atomic E-state index is -3.78. The van der Waals surface area contributed by atoms with Crippen LogP contribution < -0.4 is 4.18 Å². The van der Waals surface area contributed by atoms with Crippen molar-refractivity contribution < 1.29 is 21.9 Å². The summed E-state index contributed by atoms with van der Waals surface area (Å²) in [6.07, 6.45) is 0.780. The fraction of sp³-hybridized carbons (Fsp3) is 0.143. The van der Waals surface area contributed by atoms with Gasteiger partial charge < -0.3 is 4.18 Å². The van der Waals surface area contributed by atoms with Gasteiger partial charge in [0.15, 0.2) is 0 Å². The lowest BCUT2D eigenvalue weighted by Crippen LogP contribution is -2.06. The molecule has 15 heavy (non-hydrogen) atoms. The van der Waals surface area contributed by atoms with E-state index in [4.69, 9.17) is 0 Å². The summed E-state index contributed by atoms with van der Waals surface area (Å²) >= 11 is 0. The number of nitro benzene ring substituents is 1. The number of hydrogen-bond acceptors (Lipinski definition) is 5. The smallest absolute Gasteiger partial charge is 0.308 e. The van der Waals surface area contributed by atoms with Crippen molar-refractivity contribution in [2.75, 3.05) is 6.26 Å². The van der Waals surface area contributed by atoms with E-state index in [1.807, 2.05) is 0 Å². The number of nitro groups is 1. The van der Waals surface area contributed by atoms with Gasteiger partial charge in [-0.05, 0) is 12.1 Å². The Balaban J connectivity index is 3.14. The van der Waals surface area contributed by atoms with Crippen LogP contribution in [0.3, 0.4) is 0 Å². The highest BCUT2D eigenvalue weighted by Crippen LogP contribution is 2.23. The molecule has 0 spiro atoms. The van der Waals surface area contributed by atoms with Gasteiger partial charge >= 0.3 is 15.8 Å². The molecule has 1 aromatic carbocycles. The lowest BCUT2D eigenvalue weighted by molar-refractivity contribution is -0.387. The average molecular weight is 235 g/mol. The topological polar surface area (TPSA) is 86.5 Å². The summed E-state index contributed by atoms with van der Waals surface area (Å²) in [5, 5.41) is 10.3. The van der Waals surface area contributed by atoms with E-state index in [0.717, 1.165) is 18.4 Å². The molecule has 0 saturated carbocycles. The first-order valence-corrected chi connectivity index (χ1v) is 5.44. The highest BCUT2D eigenvalue weighted by atomic mass is 32.2. The zero-order valence-corrected chi connectivity index (χ0v) is 8.32. The molecule has 82 valence electrons. The lowest BCUT2D eigenvalue weighted by atomic mass is 10.3. The van der Waals surface area contributed by atoms with E-state index >= 15 is 0 Å². The van der Waals surface area contributed by atoms with E-state index < -0.39 is 26.5 Å². The number of nitrogens with zero attached hydrogens (tertiary/aromatic N) is 1. The van der Waals surface area contributed by atoms with E-state index in [9.17, 15) is 22.9 Å². The summed E-state index contributed by atoms with van der Waals surface area (Å²) < 4.78 is 38.5. The predicted octanol–water partition coefficient (Wildman–Crippen LogP) is 1.07. The molecule has 0 bridgehead atoms. The Labute approximate surface area is 84.6 Å². The van der Waals surface area contributed by atoms with E-state index in [1.165, 1.54) is 0 Å². The Morgan fingerprint density at radius 2 is 2.07 bits per heavy atom. The Morgan fingerprint density at radius 3 is 2.53 bits per heavy atom. The van der Waals surface area contributed by atoms with Gasteiger partial charge in [-0.25, -0.2) is 0 Å². The summed E-state index contributed by atoms with van der Waals surface area (Å²) in [6.45, 7) is 0. The minimum absolute atomic E-state index is 0.300. The average Bonchev–Trinajstić information content (AvgIpc) is 2.05. The van der Waals surface area contributed by atoms with Crippen LogP contribution in [0.5, 0.6) is 5.75 Å². The second-order valence-corrected chi connectivity index (χ2v) is 4.23. The molecule has 0 radical (unpaired) electrons. The zero-order valence-electron chi connectivity index (χ0n) is 7.51. The molecule has 0 heterocycles. The quantitative estimate of drug-likeness (QED) is 0.444. The van der Waals surface area contributed by atoms with Gasteiger partial charge in [-0.2, -0.15) is 12.8 Å². The van der Waals surface area contributed by atoms with Crippen LogP contribution in [0, 0.1) is 15.9 Å². The van der Waals surface area contributed by atoms with Gasteiger partial charge in [0, 0.05) is 0 Å². The maximum Gasteiger partial charge on any atom is 0.308 e. The van der Waals surface area contributed by atoms with Crippen LogP contribution in [-0.2, 0) is 10.1 Å². The monoisotopic (exact) mass is 235 g/mol. The van der Waals surface area contributed by atoms with Gasteiger partial charge in [-0.1, -0.05) is 0 Å². The Hall–Kier alpha value is -1.70. The molecule has 0 N–H and O–H groups in total. The molecule has 0 aliphatic heterocycles. The minimum Gasteiger partial charge on any atom is -0.382 e. The van der Waals surface area contributed by atoms with Crippen molar-refractivity contribution >= 4 is 15.8 Å². The van der Waals surface area contributed by atoms with E-state index in [0.29, 0.717) is 6.07 Å². The van der Waals surface area contributed by atoms with Crippen LogP contribution in [0.25, 0.3) is 0 Å². The molecule has 0 fully saturated rings. The molecule has 1 rings (SSSR count). The van der Waals surface area contributed by atoms with Crippen molar-refractivity contribution in [2.24, 2.45) is 0 Å². The number of halogens is 1. The van der Waals surface area contributed by atoms with Crippen LogP contribution in [0.4, 0.5) is 10.1 Å². The van der Waals surface area contributed by atoms with Crippen molar-refractivity contribution in [2.45, 2.75) is 0 Å². The third kappa shape index (κ3) is 3.17. The van der Waals surface area contributed by atoms with E-state index in [2.05, 4.69) is 4.18 Å².